The van der Waals surface area contributed by atoms with Crippen molar-refractivity contribution in [2.45, 2.75) is 33.6 Å². The molecule has 5 nitrogen and oxygen atoms in total. The topological polar surface area (TPSA) is 54.8 Å². The highest BCUT2D eigenvalue weighted by Gasteiger charge is 2.22. The fourth-order valence-electron chi connectivity index (χ4n) is 2.96. The number of aromatic nitrogens is 1. The average molecular weight is 343 g/mol. The number of fused-ring (bicyclic) bond motifs is 1. The van der Waals surface area contributed by atoms with Gasteiger partial charge in [0, 0.05) is 12.2 Å². The Labute approximate surface area is 146 Å². The first-order valence-corrected chi connectivity index (χ1v) is 8.87. The number of oxime groups is 1. The lowest BCUT2D eigenvalue weighted by Gasteiger charge is -2.29. The quantitative estimate of drug-likeness (QED) is 0.631. The molecule has 0 fully saturated rings. The van der Waals surface area contributed by atoms with Gasteiger partial charge in [0.15, 0.2) is 6.61 Å². The highest BCUT2D eigenvalue weighted by Crippen LogP contribution is 2.26. The van der Waals surface area contributed by atoms with Crippen LogP contribution in [-0.2, 0) is 16.1 Å². The van der Waals surface area contributed by atoms with E-state index < -0.39 is 0 Å². The molecule has 0 N–H and O–H groups in total. The molecule has 1 aliphatic rings. The van der Waals surface area contributed by atoms with Crippen LogP contribution in [0.5, 0.6) is 0 Å². The molecule has 0 unspecified atom stereocenters. The summed E-state index contributed by atoms with van der Waals surface area (Å²) in [6.45, 7) is 6.47. The van der Waals surface area contributed by atoms with E-state index >= 15 is 0 Å². The van der Waals surface area contributed by atoms with Crippen molar-refractivity contribution < 1.29 is 9.63 Å². The summed E-state index contributed by atoms with van der Waals surface area (Å²) in [6, 6.07) is 8.04. The number of hydrogen-bond donors (Lipinski definition) is 0. The highest BCUT2D eigenvalue weighted by molar-refractivity contribution is 7.13. The minimum absolute atomic E-state index is 0.0531. The summed E-state index contributed by atoms with van der Waals surface area (Å²) < 4.78 is 0. The SMILES string of the molecule is C/C(=N\OCC(=O)N1CCCc2ccccc21)c1sc(C)nc1C. The molecule has 0 aliphatic carbocycles. The molecular weight excluding hydrogens is 322 g/mol. The second kappa shape index (κ2) is 7.13. The van der Waals surface area contributed by atoms with Crippen LogP contribution in [0.15, 0.2) is 29.4 Å². The first-order chi connectivity index (χ1) is 11.6. The van der Waals surface area contributed by atoms with E-state index in [1.807, 2.05) is 39.0 Å². The number of thiazole rings is 1. The molecule has 1 aromatic heterocycles. The number of hydrogen-bond acceptors (Lipinski definition) is 5. The maximum absolute atomic E-state index is 12.5. The van der Waals surface area contributed by atoms with Gasteiger partial charge >= 0.3 is 0 Å². The zero-order valence-electron chi connectivity index (χ0n) is 14.2. The zero-order chi connectivity index (χ0) is 17.1. The molecule has 1 aromatic carbocycles. The lowest BCUT2D eigenvalue weighted by Crippen LogP contribution is -2.37. The number of amides is 1. The van der Waals surface area contributed by atoms with Gasteiger partial charge in [-0.05, 0) is 45.2 Å². The normalized spacial score (nSPS) is 14.5. The van der Waals surface area contributed by atoms with Crippen LogP contribution in [0.1, 0.15) is 34.5 Å². The second-order valence-corrected chi connectivity index (χ2v) is 7.08. The van der Waals surface area contributed by atoms with Gasteiger partial charge in [-0.3, -0.25) is 4.79 Å². The lowest BCUT2D eigenvalue weighted by molar-refractivity contribution is -0.123. The number of nitrogens with zero attached hydrogens (tertiary/aromatic N) is 3. The Hall–Kier alpha value is -2.21. The molecule has 6 heteroatoms. The van der Waals surface area contributed by atoms with Gasteiger partial charge in [-0.1, -0.05) is 23.4 Å². The van der Waals surface area contributed by atoms with Crippen LogP contribution in [0.4, 0.5) is 5.69 Å². The average Bonchev–Trinajstić information content (AvgIpc) is 2.92. The second-order valence-electron chi connectivity index (χ2n) is 5.88. The van der Waals surface area contributed by atoms with E-state index in [4.69, 9.17) is 4.84 Å². The molecule has 2 heterocycles. The fraction of sp³-hybridized carbons (Fsp3) is 0.389. The van der Waals surface area contributed by atoms with Crippen molar-refractivity contribution in [2.24, 2.45) is 5.16 Å². The van der Waals surface area contributed by atoms with E-state index in [9.17, 15) is 4.79 Å². The van der Waals surface area contributed by atoms with Crippen molar-refractivity contribution in [2.75, 3.05) is 18.1 Å². The Bertz CT molecular complexity index is 782. The fourth-order valence-corrected chi connectivity index (χ4v) is 3.82. The Morgan fingerprint density at radius 3 is 2.92 bits per heavy atom. The van der Waals surface area contributed by atoms with E-state index in [0.717, 1.165) is 46.4 Å². The molecule has 3 rings (SSSR count). The van der Waals surface area contributed by atoms with Crippen LogP contribution in [-0.4, -0.2) is 29.8 Å². The van der Waals surface area contributed by atoms with E-state index in [2.05, 4.69) is 16.2 Å². The minimum Gasteiger partial charge on any atom is -0.385 e. The first kappa shape index (κ1) is 16.6. The number of carbonyl (C=O) groups excluding carboxylic acids is 1. The summed E-state index contributed by atoms with van der Waals surface area (Å²) in [5.74, 6) is -0.0593. The number of para-hydroxylation sites is 1. The summed E-state index contributed by atoms with van der Waals surface area (Å²) in [5.41, 5.74) is 3.91. The summed E-state index contributed by atoms with van der Waals surface area (Å²) in [7, 11) is 0. The smallest absolute Gasteiger partial charge is 0.267 e. The number of carbonyl (C=O) groups is 1. The Kier molecular flexibility index (Phi) is 4.94. The Morgan fingerprint density at radius 1 is 1.38 bits per heavy atom. The summed E-state index contributed by atoms with van der Waals surface area (Å²) >= 11 is 1.58. The molecule has 1 aliphatic heterocycles. The van der Waals surface area contributed by atoms with Gasteiger partial charge in [-0.2, -0.15) is 0 Å². The van der Waals surface area contributed by atoms with Crippen LogP contribution in [0.3, 0.4) is 0 Å². The maximum atomic E-state index is 12.5. The van der Waals surface area contributed by atoms with E-state index in [-0.39, 0.29) is 12.5 Å². The van der Waals surface area contributed by atoms with E-state index in [0.29, 0.717) is 0 Å². The minimum atomic E-state index is -0.0593. The third-order valence-corrected chi connectivity index (χ3v) is 5.21. The Morgan fingerprint density at radius 2 is 2.17 bits per heavy atom. The molecule has 0 atom stereocenters. The Balaban J connectivity index is 1.64. The molecule has 126 valence electrons. The molecule has 0 radical (unpaired) electrons. The zero-order valence-corrected chi connectivity index (χ0v) is 15.0. The van der Waals surface area contributed by atoms with Gasteiger partial charge in [-0.25, -0.2) is 4.98 Å². The number of aryl methyl sites for hydroxylation is 3. The summed E-state index contributed by atoms with van der Waals surface area (Å²) in [4.78, 5) is 25.0. The molecule has 0 bridgehead atoms. The maximum Gasteiger partial charge on any atom is 0.267 e. The van der Waals surface area contributed by atoms with E-state index in [1.54, 1.807) is 16.2 Å². The van der Waals surface area contributed by atoms with Crippen molar-refractivity contribution in [1.82, 2.24) is 4.98 Å². The van der Waals surface area contributed by atoms with Crippen LogP contribution in [0, 0.1) is 13.8 Å². The third-order valence-electron chi connectivity index (χ3n) is 4.03. The monoisotopic (exact) mass is 343 g/mol. The largest absolute Gasteiger partial charge is 0.385 e. The van der Waals surface area contributed by atoms with Gasteiger partial charge in [0.25, 0.3) is 5.91 Å². The van der Waals surface area contributed by atoms with Crippen molar-refractivity contribution in [3.8, 4) is 0 Å². The summed E-state index contributed by atoms with van der Waals surface area (Å²) in [6.07, 6.45) is 1.99. The van der Waals surface area contributed by atoms with Crippen LogP contribution >= 0.6 is 11.3 Å². The number of benzene rings is 1. The van der Waals surface area contributed by atoms with Gasteiger partial charge in [0.1, 0.15) is 0 Å². The molecule has 0 saturated carbocycles. The van der Waals surface area contributed by atoms with Gasteiger partial charge in [0.05, 0.1) is 21.3 Å². The van der Waals surface area contributed by atoms with Gasteiger partial charge in [0.2, 0.25) is 0 Å². The van der Waals surface area contributed by atoms with Crippen molar-refractivity contribution in [3.05, 3.63) is 45.4 Å². The predicted octanol–water partition coefficient (Wildman–Crippen LogP) is 3.48. The summed E-state index contributed by atoms with van der Waals surface area (Å²) in [5, 5.41) is 5.10. The van der Waals surface area contributed by atoms with Crippen molar-refractivity contribution >= 4 is 28.6 Å². The molecule has 1 amide bonds. The highest BCUT2D eigenvalue weighted by atomic mass is 32.1. The molecule has 0 saturated heterocycles. The van der Waals surface area contributed by atoms with Crippen LogP contribution in [0.2, 0.25) is 0 Å². The van der Waals surface area contributed by atoms with E-state index in [1.165, 1.54) is 5.56 Å². The molecule has 24 heavy (non-hydrogen) atoms. The molecular formula is C18H21N3O2S. The predicted molar refractivity (Wildman–Crippen MR) is 96.9 cm³/mol. The number of anilines is 1. The van der Waals surface area contributed by atoms with Crippen LogP contribution < -0.4 is 4.90 Å². The van der Waals surface area contributed by atoms with Gasteiger partial charge in [-0.15, -0.1) is 11.3 Å². The molecule has 2 aromatic rings. The third kappa shape index (κ3) is 3.48. The van der Waals surface area contributed by atoms with Crippen molar-refractivity contribution in [3.63, 3.8) is 0 Å². The van der Waals surface area contributed by atoms with Gasteiger partial charge < -0.3 is 9.74 Å². The standard InChI is InChI=1S/C18H21N3O2S/c1-12-18(24-14(3)19-12)13(2)20-23-11-17(22)21-10-6-8-15-7-4-5-9-16(15)21/h4-5,7,9H,6,8,10-11H2,1-3H3/b20-13+. The number of rotatable bonds is 4. The first-order valence-electron chi connectivity index (χ1n) is 8.05. The van der Waals surface area contributed by atoms with Crippen LogP contribution in [0.25, 0.3) is 0 Å². The lowest BCUT2D eigenvalue weighted by atomic mass is 10.0. The molecule has 0 spiro atoms. The van der Waals surface area contributed by atoms with Crippen molar-refractivity contribution in [1.29, 1.82) is 0 Å².